The number of nitrogens with zero attached hydrogens (tertiary/aromatic N) is 5. The highest BCUT2D eigenvalue weighted by Gasteiger charge is 2.34. The van der Waals surface area contributed by atoms with Gasteiger partial charge in [-0.25, -0.2) is 0 Å². The lowest BCUT2D eigenvalue weighted by atomic mass is 10.1. The molecule has 0 fully saturated rings. The number of methoxy groups -OCH3 is 1. The molecule has 32 heavy (non-hydrogen) atoms. The number of esters is 1. The van der Waals surface area contributed by atoms with Crippen molar-refractivity contribution in [3.63, 3.8) is 0 Å². The van der Waals surface area contributed by atoms with Gasteiger partial charge < -0.3 is 20.5 Å². The van der Waals surface area contributed by atoms with E-state index in [1.807, 2.05) is 36.4 Å². The first kappa shape index (κ1) is 25.3. The van der Waals surface area contributed by atoms with Gasteiger partial charge in [-0.3, -0.25) is 9.59 Å². The topological polar surface area (TPSA) is 149 Å². The molecule has 0 saturated heterocycles. The van der Waals surface area contributed by atoms with Crippen molar-refractivity contribution in [3.05, 3.63) is 41.7 Å². The molecular formula is C20H28N7O4S+. The van der Waals surface area contributed by atoms with Crippen LogP contribution in [0.1, 0.15) is 37.7 Å². The van der Waals surface area contributed by atoms with Crippen molar-refractivity contribution >= 4 is 23.8 Å². The number of aromatic nitrogens is 4. The van der Waals surface area contributed by atoms with Gasteiger partial charge in [0.25, 0.3) is 0 Å². The summed E-state index contributed by atoms with van der Waals surface area (Å²) in [5.74, 6) is -0.321. The standard InChI is InChI=1S/C20H27N7O4S/c1-20(2,22)19(29)23-16(14-31-13-15-7-5-4-6-8-15)18-24-25-27(32-12-10-21)26(18)11-9-17(28)30-3/h4-8,16H,9,11-14,22H2,1-3H3/p+1/t16-/m1/s1. The van der Waals surface area contributed by atoms with E-state index in [1.165, 1.54) is 11.3 Å². The molecule has 11 nitrogen and oxygen atoms in total. The predicted octanol–water partition coefficient (Wildman–Crippen LogP) is 0.260. The van der Waals surface area contributed by atoms with Gasteiger partial charge in [-0.2, -0.15) is 5.26 Å². The average Bonchev–Trinajstić information content (AvgIpc) is 3.17. The third-order valence-corrected chi connectivity index (χ3v) is 5.05. The second-order valence-electron chi connectivity index (χ2n) is 7.43. The van der Waals surface area contributed by atoms with Gasteiger partial charge in [0.15, 0.2) is 5.21 Å². The Balaban J connectivity index is 2.28. The molecule has 2 aromatic rings. The zero-order valence-corrected chi connectivity index (χ0v) is 19.2. The maximum absolute atomic E-state index is 12.6. The molecule has 12 heteroatoms. The van der Waals surface area contributed by atoms with E-state index >= 15 is 0 Å². The van der Waals surface area contributed by atoms with Crippen LogP contribution in [-0.2, 0) is 32.2 Å². The van der Waals surface area contributed by atoms with E-state index in [9.17, 15) is 9.59 Å². The van der Waals surface area contributed by atoms with Crippen LogP contribution in [0.4, 0.5) is 0 Å². The number of hydrogen-bond acceptors (Lipinski definition) is 9. The molecule has 0 aliphatic heterocycles. The van der Waals surface area contributed by atoms with Crippen LogP contribution in [0.5, 0.6) is 0 Å². The van der Waals surface area contributed by atoms with Gasteiger partial charge in [0.1, 0.15) is 23.4 Å². The first-order chi connectivity index (χ1) is 15.3. The molecule has 1 aromatic heterocycles. The molecule has 1 atom stereocenters. The number of amides is 1. The summed E-state index contributed by atoms with van der Waals surface area (Å²) in [6, 6.07) is 10.9. The largest absolute Gasteiger partial charge is 0.469 e. The Bertz CT molecular complexity index is 938. The molecule has 0 unspecified atom stereocenters. The van der Waals surface area contributed by atoms with Gasteiger partial charge in [-0.05, 0) is 19.4 Å². The molecule has 2 rings (SSSR count). The van der Waals surface area contributed by atoms with Crippen molar-refractivity contribution in [1.29, 1.82) is 5.26 Å². The van der Waals surface area contributed by atoms with Crippen LogP contribution in [0.3, 0.4) is 0 Å². The van der Waals surface area contributed by atoms with Crippen LogP contribution in [0.25, 0.3) is 0 Å². The Morgan fingerprint density at radius 2 is 2.09 bits per heavy atom. The highest BCUT2D eigenvalue weighted by Crippen LogP contribution is 2.12. The summed E-state index contributed by atoms with van der Waals surface area (Å²) in [4.78, 5) is 24.3. The van der Waals surface area contributed by atoms with E-state index in [0.29, 0.717) is 12.4 Å². The van der Waals surface area contributed by atoms with E-state index in [-0.39, 0.29) is 25.3 Å². The van der Waals surface area contributed by atoms with Gasteiger partial charge in [0.2, 0.25) is 5.91 Å². The Kier molecular flexibility index (Phi) is 9.58. The second kappa shape index (κ2) is 12.1. The lowest BCUT2D eigenvalue weighted by Gasteiger charge is -2.22. The third-order valence-electron chi connectivity index (χ3n) is 4.29. The van der Waals surface area contributed by atoms with Gasteiger partial charge >= 0.3 is 11.8 Å². The number of carbonyl (C=O) groups excluding carboxylic acids is 2. The molecule has 0 bridgehead atoms. The van der Waals surface area contributed by atoms with Crippen LogP contribution >= 0.6 is 11.9 Å². The quantitative estimate of drug-likeness (QED) is 0.334. The second-order valence-corrected chi connectivity index (χ2v) is 8.30. The van der Waals surface area contributed by atoms with Crippen LogP contribution in [0.2, 0.25) is 0 Å². The van der Waals surface area contributed by atoms with Gasteiger partial charge in [-0.15, -0.1) is 4.68 Å². The molecule has 0 radical (unpaired) electrons. The van der Waals surface area contributed by atoms with Gasteiger partial charge in [0.05, 0.1) is 38.4 Å². The first-order valence-corrected chi connectivity index (χ1v) is 10.8. The fourth-order valence-electron chi connectivity index (χ4n) is 2.60. The Morgan fingerprint density at radius 3 is 2.72 bits per heavy atom. The predicted molar refractivity (Wildman–Crippen MR) is 116 cm³/mol. The van der Waals surface area contributed by atoms with Crippen molar-refractivity contribution in [1.82, 2.24) is 19.8 Å². The fraction of sp³-hybridized carbons (Fsp3) is 0.500. The Morgan fingerprint density at radius 1 is 1.38 bits per heavy atom. The smallest absolute Gasteiger partial charge is 0.326 e. The number of benzene rings is 1. The van der Waals surface area contributed by atoms with Crippen molar-refractivity contribution < 1.29 is 23.7 Å². The number of rotatable bonds is 12. The number of nitrogens with one attached hydrogen (secondary N) is 1. The molecule has 3 N–H and O–H groups in total. The lowest BCUT2D eigenvalue weighted by Crippen LogP contribution is -2.54. The summed E-state index contributed by atoms with van der Waals surface area (Å²) in [5, 5.41) is 20.0. The van der Waals surface area contributed by atoms with E-state index in [2.05, 4.69) is 15.6 Å². The van der Waals surface area contributed by atoms with Crippen molar-refractivity contribution in [2.24, 2.45) is 5.73 Å². The summed E-state index contributed by atoms with van der Waals surface area (Å²) in [6.07, 6.45) is 0.0581. The van der Waals surface area contributed by atoms with E-state index in [1.54, 1.807) is 18.5 Å². The van der Waals surface area contributed by atoms with Crippen molar-refractivity contribution in [2.75, 3.05) is 19.5 Å². The van der Waals surface area contributed by atoms with Crippen LogP contribution in [0, 0.1) is 11.3 Å². The fourth-order valence-corrected chi connectivity index (χ4v) is 3.16. The Hall–Kier alpha value is -3.01. The zero-order chi connectivity index (χ0) is 23.6. The minimum absolute atomic E-state index is 0.0581. The molecule has 0 aliphatic carbocycles. The normalized spacial score (nSPS) is 12.1. The van der Waals surface area contributed by atoms with Crippen LogP contribution < -0.4 is 15.7 Å². The molecule has 0 saturated carbocycles. The molecular weight excluding hydrogens is 434 g/mol. The number of nitrogens with two attached hydrogens (primary N) is 1. The van der Waals surface area contributed by atoms with E-state index < -0.39 is 23.5 Å². The number of tetrazole rings is 1. The van der Waals surface area contributed by atoms with Gasteiger partial charge in [0, 0.05) is 16.1 Å². The number of nitriles is 1. The zero-order valence-electron chi connectivity index (χ0n) is 18.4. The average molecular weight is 463 g/mol. The van der Waals surface area contributed by atoms with E-state index in [0.717, 1.165) is 17.5 Å². The third kappa shape index (κ3) is 7.60. The molecule has 0 aliphatic rings. The summed E-state index contributed by atoms with van der Waals surface area (Å²) in [7, 11) is 1.30. The summed E-state index contributed by atoms with van der Waals surface area (Å²) < 4.78 is 13.6. The first-order valence-electron chi connectivity index (χ1n) is 9.90. The van der Waals surface area contributed by atoms with Crippen molar-refractivity contribution in [3.8, 4) is 6.07 Å². The van der Waals surface area contributed by atoms with Gasteiger partial charge in [-0.1, -0.05) is 30.3 Å². The van der Waals surface area contributed by atoms with Crippen LogP contribution in [-0.4, -0.2) is 51.4 Å². The van der Waals surface area contributed by atoms with E-state index in [4.69, 9.17) is 20.5 Å². The van der Waals surface area contributed by atoms with Crippen molar-refractivity contribution in [2.45, 2.75) is 45.0 Å². The minimum atomic E-state index is -1.12. The maximum atomic E-state index is 12.6. The summed E-state index contributed by atoms with van der Waals surface area (Å²) >= 11 is 1.10. The lowest BCUT2D eigenvalue weighted by molar-refractivity contribution is -0.770. The number of hydrogen-bond donors (Lipinski definition) is 2. The highest BCUT2D eigenvalue weighted by molar-refractivity contribution is 7.97. The number of carbonyl (C=O) groups is 2. The molecule has 172 valence electrons. The maximum Gasteiger partial charge on any atom is 0.326 e. The minimum Gasteiger partial charge on any atom is -0.469 e. The van der Waals surface area contributed by atoms with Crippen LogP contribution in [0.15, 0.2) is 30.3 Å². The highest BCUT2D eigenvalue weighted by atomic mass is 32.2. The summed E-state index contributed by atoms with van der Waals surface area (Å²) in [6.45, 7) is 3.80. The SMILES string of the molecule is COC(=O)CC[n+]1c([C@@H](COCc2ccccc2)NC(=O)C(C)(C)N)nnn1SCC#N. The molecule has 1 amide bonds. The monoisotopic (exact) mass is 462 g/mol. The Labute approximate surface area is 191 Å². The molecule has 1 heterocycles. The molecule has 0 spiro atoms. The number of ether oxygens (including phenoxy) is 2. The summed E-state index contributed by atoms with van der Waals surface area (Å²) in [5.41, 5.74) is 5.80. The molecule has 1 aromatic carbocycles.